The summed E-state index contributed by atoms with van der Waals surface area (Å²) in [5.74, 6) is 1.40. The molecule has 0 aromatic carbocycles. The summed E-state index contributed by atoms with van der Waals surface area (Å²) in [5, 5.41) is 3.73. The topological polar surface area (TPSA) is 34.2 Å². The lowest BCUT2D eigenvalue weighted by atomic mass is 10.1. The van der Waals surface area contributed by atoms with Gasteiger partial charge in [-0.2, -0.15) is 0 Å². The minimum Gasteiger partial charge on any atom is -0.477 e. The second kappa shape index (κ2) is 6.22. The maximum atomic E-state index is 6.04. The Morgan fingerprint density at radius 1 is 1.41 bits per heavy atom. The summed E-state index contributed by atoms with van der Waals surface area (Å²) in [4.78, 5) is 4.41. The highest BCUT2D eigenvalue weighted by Gasteiger charge is 2.16. The van der Waals surface area contributed by atoms with E-state index in [1.165, 1.54) is 25.7 Å². The lowest BCUT2D eigenvalue weighted by molar-refractivity contribution is 0.243. The fourth-order valence-electron chi connectivity index (χ4n) is 2.22. The quantitative estimate of drug-likeness (QED) is 0.877. The fourth-order valence-corrected chi connectivity index (χ4v) is 2.39. The maximum absolute atomic E-state index is 6.04. The number of hydrogen-bond donors (Lipinski definition) is 1. The zero-order chi connectivity index (χ0) is 12.1. The predicted octanol–water partition coefficient (Wildman–Crippen LogP) is 3.02. The van der Waals surface area contributed by atoms with E-state index in [0.29, 0.717) is 23.4 Å². The molecule has 0 spiro atoms. The van der Waals surface area contributed by atoms with Crippen LogP contribution in [0.25, 0.3) is 0 Å². The number of nitrogens with one attached hydrogen (secondary N) is 1. The minimum atomic E-state index is 0.666. The molecule has 3 nitrogen and oxygen atoms in total. The molecule has 94 valence electrons. The van der Waals surface area contributed by atoms with Crippen molar-refractivity contribution in [2.24, 2.45) is 5.92 Å². The van der Waals surface area contributed by atoms with Crippen LogP contribution in [0.5, 0.6) is 5.88 Å². The van der Waals surface area contributed by atoms with Crippen molar-refractivity contribution in [1.29, 1.82) is 0 Å². The summed E-state index contributed by atoms with van der Waals surface area (Å²) < 4.78 is 5.73. The van der Waals surface area contributed by atoms with Gasteiger partial charge in [0.2, 0.25) is 5.88 Å². The summed E-state index contributed by atoms with van der Waals surface area (Å²) in [6, 6.07) is 3.70. The van der Waals surface area contributed by atoms with Crippen LogP contribution in [-0.2, 0) is 6.54 Å². The standard InChI is InChI=1S/C13H19ClN2O/c1-15-8-12-11(14)6-7-13(16-12)17-9-10-4-2-3-5-10/h6-7,10,15H,2-5,8-9H2,1H3. The molecule has 1 aromatic heterocycles. The molecular formula is C13H19ClN2O. The van der Waals surface area contributed by atoms with E-state index in [4.69, 9.17) is 16.3 Å². The lowest BCUT2D eigenvalue weighted by Gasteiger charge is -2.11. The Bertz CT molecular complexity index is 364. The Labute approximate surface area is 108 Å². The van der Waals surface area contributed by atoms with E-state index >= 15 is 0 Å². The molecule has 1 N–H and O–H groups in total. The normalized spacial score (nSPS) is 16.4. The zero-order valence-corrected chi connectivity index (χ0v) is 11.0. The number of hydrogen-bond acceptors (Lipinski definition) is 3. The molecule has 1 aliphatic carbocycles. The van der Waals surface area contributed by atoms with E-state index in [2.05, 4.69) is 10.3 Å². The number of halogens is 1. The van der Waals surface area contributed by atoms with Crippen LogP contribution in [-0.4, -0.2) is 18.6 Å². The van der Waals surface area contributed by atoms with Crippen molar-refractivity contribution in [3.8, 4) is 5.88 Å². The van der Waals surface area contributed by atoms with E-state index in [1.54, 1.807) is 0 Å². The van der Waals surface area contributed by atoms with Crippen LogP contribution in [0.2, 0.25) is 5.02 Å². The van der Waals surface area contributed by atoms with Crippen LogP contribution in [0.4, 0.5) is 0 Å². The van der Waals surface area contributed by atoms with Crippen molar-refractivity contribution < 1.29 is 4.74 Å². The predicted molar refractivity (Wildman–Crippen MR) is 69.5 cm³/mol. The van der Waals surface area contributed by atoms with E-state index in [-0.39, 0.29) is 0 Å². The van der Waals surface area contributed by atoms with Crippen LogP contribution in [0.15, 0.2) is 12.1 Å². The smallest absolute Gasteiger partial charge is 0.213 e. The second-order valence-electron chi connectivity index (χ2n) is 4.57. The third-order valence-corrected chi connectivity index (χ3v) is 3.52. The molecule has 1 aliphatic rings. The lowest BCUT2D eigenvalue weighted by Crippen LogP contribution is -2.11. The zero-order valence-electron chi connectivity index (χ0n) is 10.2. The van der Waals surface area contributed by atoms with Gasteiger partial charge in [-0.1, -0.05) is 24.4 Å². The summed E-state index contributed by atoms with van der Waals surface area (Å²) in [6.45, 7) is 1.45. The SMILES string of the molecule is CNCc1nc(OCC2CCCC2)ccc1Cl. The number of ether oxygens (including phenoxy) is 1. The Kier molecular flexibility index (Phi) is 4.63. The van der Waals surface area contributed by atoms with Crippen LogP contribution >= 0.6 is 11.6 Å². The summed E-state index contributed by atoms with van der Waals surface area (Å²) in [6.07, 6.45) is 5.26. The summed E-state index contributed by atoms with van der Waals surface area (Å²) in [7, 11) is 1.88. The molecule has 2 rings (SSSR count). The number of rotatable bonds is 5. The van der Waals surface area contributed by atoms with Gasteiger partial charge in [-0.3, -0.25) is 0 Å². The molecule has 1 fully saturated rings. The first-order valence-corrected chi connectivity index (χ1v) is 6.60. The number of pyridine rings is 1. The van der Waals surface area contributed by atoms with Gasteiger partial charge >= 0.3 is 0 Å². The number of aromatic nitrogens is 1. The first-order valence-electron chi connectivity index (χ1n) is 6.22. The highest BCUT2D eigenvalue weighted by molar-refractivity contribution is 6.31. The molecule has 4 heteroatoms. The van der Waals surface area contributed by atoms with Gasteiger partial charge in [-0.25, -0.2) is 4.98 Å². The Morgan fingerprint density at radius 3 is 2.88 bits per heavy atom. The molecule has 0 radical (unpaired) electrons. The Hall–Kier alpha value is -0.800. The van der Waals surface area contributed by atoms with Crippen molar-refractivity contribution >= 4 is 11.6 Å². The van der Waals surface area contributed by atoms with E-state index in [1.807, 2.05) is 19.2 Å². The molecule has 1 saturated carbocycles. The van der Waals surface area contributed by atoms with Gasteiger partial charge in [0.05, 0.1) is 17.3 Å². The summed E-state index contributed by atoms with van der Waals surface area (Å²) >= 11 is 6.04. The van der Waals surface area contributed by atoms with Gasteiger partial charge in [0.25, 0.3) is 0 Å². The molecule has 1 aromatic rings. The first-order chi connectivity index (χ1) is 8.29. The van der Waals surface area contributed by atoms with Crippen LogP contribution in [0, 0.1) is 5.92 Å². The van der Waals surface area contributed by atoms with Crippen molar-refractivity contribution in [2.45, 2.75) is 32.2 Å². The van der Waals surface area contributed by atoms with Gasteiger partial charge < -0.3 is 10.1 Å². The van der Waals surface area contributed by atoms with E-state index in [0.717, 1.165) is 12.3 Å². The third-order valence-electron chi connectivity index (χ3n) is 3.18. The van der Waals surface area contributed by atoms with Crippen LogP contribution in [0.1, 0.15) is 31.4 Å². The van der Waals surface area contributed by atoms with Crippen molar-refractivity contribution in [2.75, 3.05) is 13.7 Å². The molecule has 17 heavy (non-hydrogen) atoms. The Balaban J connectivity index is 1.93. The highest BCUT2D eigenvalue weighted by Crippen LogP contribution is 2.25. The van der Waals surface area contributed by atoms with Crippen molar-refractivity contribution in [3.05, 3.63) is 22.8 Å². The molecule has 0 aliphatic heterocycles. The molecule has 0 atom stereocenters. The third kappa shape index (κ3) is 3.58. The van der Waals surface area contributed by atoms with Crippen molar-refractivity contribution in [3.63, 3.8) is 0 Å². The van der Waals surface area contributed by atoms with Crippen LogP contribution < -0.4 is 10.1 Å². The molecule has 0 amide bonds. The second-order valence-corrected chi connectivity index (χ2v) is 4.98. The van der Waals surface area contributed by atoms with Gasteiger partial charge in [0.1, 0.15) is 0 Å². The van der Waals surface area contributed by atoms with Gasteiger partial charge in [-0.05, 0) is 31.9 Å². The molecule has 0 saturated heterocycles. The highest BCUT2D eigenvalue weighted by atomic mass is 35.5. The number of nitrogens with zero attached hydrogens (tertiary/aromatic N) is 1. The molecule has 0 unspecified atom stereocenters. The maximum Gasteiger partial charge on any atom is 0.213 e. The molecule has 1 heterocycles. The average Bonchev–Trinajstić information content (AvgIpc) is 2.83. The van der Waals surface area contributed by atoms with Gasteiger partial charge in [-0.15, -0.1) is 0 Å². The Morgan fingerprint density at radius 2 is 2.18 bits per heavy atom. The summed E-state index contributed by atoms with van der Waals surface area (Å²) in [5.41, 5.74) is 0.845. The average molecular weight is 255 g/mol. The van der Waals surface area contributed by atoms with Gasteiger partial charge in [0.15, 0.2) is 0 Å². The molecule has 0 bridgehead atoms. The van der Waals surface area contributed by atoms with E-state index < -0.39 is 0 Å². The monoisotopic (exact) mass is 254 g/mol. The fraction of sp³-hybridized carbons (Fsp3) is 0.615. The van der Waals surface area contributed by atoms with Crippen molar-refractivity contribution in [1.82, 2.24) is 10.3 Å². The van der Waals surface area contributed by atoms with Crippen LogP contribution in [0.3, 0.4) is 0 Å². The van der Waals surface area contributed by atoms with Gasteiger partial charge in [0, 0.05) is 12.6 Å². The van der Waals surface area contributed by atoms with E-state index in [9.17, 15) is 0 Å². The largest absolute Gasteiger partial charge is 0.477 e. The molecular weight excluding hydrogens is 236 g/mol. The minimum absolute atomic E-state index is 0.666. The first kappa shape index (κ1) is 12.7.